The summed E-state index contributed by atoms with van der Waals surface area (Å²) in [4.78, 5) is 14.3. The van der Waals surface area contributed by atoms with Gasteiger partial charge in [0.2, 0.25) is 0 Å². The van der Waals surface area contributed by atoms with Crippen molar-refractivity contribution in [3.63, 3.8) is 0 Å². The highest BCUT2D eigenvalue weighted by Gasteiger charge is 2.06. The summed E-state index contributed by atoms with van der Waals surface area (Å²) < 4.78 is 2.00. The summed E-state index contributed by atoms with van der Waals surface area (Å²) in [5, 5.41) is 2.91. The van der Waals surface area contributed by atoms with Crippen LogP contribution in [0, 0.1) is 0 Å². The minimum atomic E-state index is -0.110. The summed E-state index contributed by atoms with van der Waals surface area (Å²) in [6.07, 6.45) is 3.95. The minimum absolute atomic E-state index is 0.110. The molecule has 1 N–H and O–H groups in total. The molecular formula is C19H19N3O. The van der Waals surface area contributed by atoms with Crippen molar-refractivity contribution in [1.82, 2.24) is 4.57 Å². The van der Waals surface area contributed by atoms with Crippen LogP contribution in [0.5, 0.6) is 0 Å². The second-order valence-electron chi connectivity index (χ2n) is 5.53. The van der Waals surface area contributed by atoms with Crippen molar-refractivity contribution in [1.29, 1.82) is 0 Å². The number of carbonyl (C=O) groups excluding carboxylic acids is 1. The average Bonchev–Trinajstić information content (AvgIpc) is 3.10. The van der Waals surface area contributed by atoms with Crippen molar-refractivity contribution in [3.8, 4) is 5.69 Å². The predicted octanol–water partition coefficient (Wildman–Crippen LogP) is 3.80. The van der Waals surface area contributed by atoms with Crippen molar-refractivity contribution in [3.05, 3.63) is 78.6 Å². The highest BCUT2D eigenvalue weighted by Crippen LogP contribution is 2.17. The first-order valence-corrected chi connectivity index (χ1v) is 7.45. The molecule has 0 saturated heterocycles. The second-order valence-corrected chi connectivity index (χ2v) is 5.53. The third-order valence-corrected chi connectivity index (χ3v) is 3.67. The minimum Gasteiger partial charge on any atom is -0.378 e. The van der Waals surface area contributed by atoms with E-state index in [2.05, 4.69) is 5.32 Å². The molecule has 3 aromatic rings. The molecule has 0 spiro atoms. The summed E-state index contributed by atoms with van der Waals surface area (Å²) in [5.41, 5.74) is 3.55. The number of amides is 1. The monoisotopic (exact) mass is 305 g/mol. The molecule has 0 bridgehead atoms. The lowest BCUT2D eigenvalue weighted by Crippen LogP contribution is -2.12. The van der Waals surface area contributed by atoms with Gasteiger partial charge in [-0.3, -0.25) is 4.79 Å². The molecule has 1 aromatic heterocycles. The largest absolute Gasteiger partial charge is 0.378 e. The molecule has 0 unspecified atom stereocenters. The molecule has 0 fully saturated rings. The Balaban J connectivity index is 1.70. The van der Waals surface area contributed by atoms with E-state index in [1.54, 1.807) is 0 Å². The van der Waals surface area contributed by atoms with E-state index in [0.717, 1.165) is 17.1 Å². The van der Waals surface area contributed by atoms with Crippen LogP contribution in [0.15, 0.2) is 73.1 Å². The predicted molar refractivity (Wildman–Crippen MR) is 94.5 cm³/mol. The Morgan fingerprint density at radius 2 is 1.52 bits per heavy atom. The third-order valence-electron chi connectivity index (χ3n) is 3.67. The molecular weight excluding hydrogens is 286 g/mol. The van der Waals surface area contributed by atoms with E-state index < -0.39 is 0 Å². The fourth-order valence-electron chi connectivity index (χ4n) is 2.34. The quantitative estimate of drug-likeness (QED) is 0.796. The molecule has 4 heteroatoms. The molecule has 3 rings (SSSR count). The van der Waals surface area contributed by atoms with Gasteiger partial charge in [-0.1, -0.05) is 0 Å². The number of aromatic nitrogens is 1. The smallest absolute Gasteiger partial charge is 0.255 e. The first-order valence-electron chi connectivity index (χ1n) is 7.45. The lowest BCUT2D eigenvalue weighted by Gasteiger charge is -2.13. The molecule has 2 aromatic carbocycles. The topological polar surface area (TPSA) is 37.3 Å². The molecule has 23 heavy (non-hydrogen) atoms. The van der Waals surface area contributed by atoms with Crippen LogP contribution in [0.4, 0.5) is 11.4 Å². The highest BCUT2D eigenvalue weighted by molar-refractivity contribution is 6.04. The fraction of sp³-hybridized carbons (Fsp3) is 0.105. The van der Waals surface area contributed by atoms with Gasteiger partial charge in [-0.25, -0.2) is 0 Å². The molecule has 4 nitrogen and oxygen atoms in total. The Hall–Kier alpha value is -3.01. The molecule has 1 heterocycles. The van der Waals surface area contributed by atoms with Crippen molar-refractivity contribution in [2.75, 3.05) is 24.3 Å². The van der Waals surface area contributed by atoms with E-state index in [1.165, 1.54) is 0 Å². The zero-order valence-electron chi connectivity index (χ0n) is 13.2. The van der Waals surface area contributed by atoms with E-state index in [-0.39, 0.29) is 5.91 Å². The molecule has 116 valence electrons. The van der Waals surface area contributed by atoms with Gasteiger partial charge in [0, 0.05) is 49.1 Å². The van der Waals surface area contributed by atoms with E-state index in [4.69, 9.17) is 0 Å². The molecule has 0 atom stereocenters. The van der Waals surface area contributed by atoms with Gasteiger partial charge in [0.25, 0.3) is 5.91 Å². The molecule has 0 saturated carbocycles. The summed E-state index contributed by atoms with van der Waals surface area (Å²) in [6, 6.07) is 19.2. The third kappa shape index (κ3) is 3.43. The maximum Gasteiger partial charge on any atom is 0.255 e. The van der Waals surface area contributed by atoms with Gasteiger partial charge in [-0.15, -0.1) is 0 Å². The molecule has 0 aliphatic carbocycles. The van der Waals surface area contributed by atoms with Crippen LogP contribution < -0.4 is 10.2 Å². The zero-order chi connectivity index (χ0) is 16.2. The number of anilines is 2. The van der Waals surface area contributed by atoms with Crippen LogP contribution >= 0.6 is 0 Å². The van der Waals surface area contributed by atoms with Crippen molar-refractivity contribution in [2.24, 2.45) is 0 Å². The van der Waals surface area contributed by atoms with Crippen LogP contribution in [-0.2, 0) is 0 Å². The average molecular weight is 305 g/mol. The summed E-state index contributed by atoms with van der Waals surface area (Å²) in [5.74, 6) is -0.110. The van der Waals surface area contributed by atoms with E-state index in [1.807, 2.05) is 96.6 Å². The maximum atomic E-state index is 12.3. The Bertz CT molecular complexity index is 772. The number of rotatable bonds is 4. The zero-order valence-corrected chi connectivity index (χ0v) is 13.2. The van der Waals surface area contributed by atoms with E-state index in [9.17, 15) is 4.79 Å². The van der Waals surface area contributed by atoms with E-state index in [0.29, 0.717) is 5.56 Å². The van der Waals surface area contributed by atoms with Gasteiger partial charge in [0.15, 0.2) is 0 Å². The number of hydrogen-bond donors (Lipinski definition) is 1. The van der Waals surface area contributed by atoms with Crippen molar-refractivity contribution >= 4 is 17.3 Å². The van der Waals surface area contributed by atoms with Gasteiger partial charge in [-0.2, -0.15) is 0 Å². The van der Waals surface area contributed by atoms with Gasteiger partial charge >= 0.3 is 0 Å². The van der Waals surface area contributed by atoms with Crippen LogP contribution in [0.3, 0.4) is 0 Å². The Morgan fingerprint density at radius 3 is 2.09 bits per heavy atom. The first kappa shape index (κ1) is 14.9. The second kappa shape index (κ2) is 6.40. The number of benzene rings is 2. The molecule has 0 aliphatic rings. The first-order chi connectivity index (χ1) is 11.1. The number of hydrogen-bond acceptors (Lipinski definition) is 2. The number of carbonyl (C=O) groups is 1. The summed E-state index contributed by atoms with van der Waals surface area (Å²) in [6.45, 7) is 0. The molecule has 1 amide bonds. The fourth-order valence-corrected chi connectivity index (χ4v) is 2.34. The van der Waals surface area contributed by atoms with Crippen molar-refractivity contribution < 1.29 is 4.79 Å². The van der Waals surface area contributed by atoms with Crippen LogP contribution in [-0.4, -0.2) is 24.6 Å². The molecule has 0 radical (unpaired) electrons. The Labute approximate surface area is 136 Å². The van der Waals surface area contributed by atoms with Crippen LogP contribution in [0.2, 0.25) is 0 Å². The maximum absolute atomic E-state index is 12.3. The lowest BCUT2D eigenvalue weighted by molar-refractivity contribution is 0.102. The van der Waals surface area contributed by atoms with Crippen LogP contribution in [0.25, 0.3) is 5.69 Å². The SMILES string of the molecule is CN(C)c1ccc(NC(=O)c2ccc(-n3cccc3)cc2)cc1. The summed E-state index contributed by atoms with van der Waals surface area (Å²) in [7, 11) is 3.97. The lowest BCUT2D eigenvalue weighted by atomic mass is 10.2. The standard InChI is InChI=1S/C19H19N3O/c1-21(2)17-11-7-16(8-12-17)20-19(23)15-5-9-18(10-6-15)22-13-3-4-14-22/h3-14H,1-2H3,(H,20,23). The number of nitrogens with one attached hydrogen (secondary N) is 1. The van der Waals surface area contributed by atoms with Crippen LogP contribution in [0.1, 0.15) is 10.4 Å². The Kier molecular flexibility index (Phi) is 4.15. The highest BCUT2D eigenvalue weighted by atomic mass is 16.1. The van der Waals surface area contributed by atoms with Crippen molar-refractivity contribution in [2.45, 2.75) is 0 Å². The summed E-state index contributed by atoms with van der Waals surface area (Å²) >= 11 is 0. The Morgan fingerprint density at radius 1 is 0.913 bits per heavy atom. The van der Waals surface area contributed by atoms with Gasteiger partial charge in [0.05, 0.1) is 0 Å². The van der Waals surface area contributed by atoms with Gasteiger partial charge < -0.3 is 14.8 Å². The normalized spacial score (nSPS) is 10.3. The molecule has 0 aliphatic heterocycles. The number of nitrogens with zero attached hydrogens (tertiary/aromatic N) is 2. The van der Waals surface area contributed by atoms with Gasteiger partial charge in [0.1, 0.15) is 0 Å². The van der Waals surface area contributed by atoms with E-state index >= 15 is 0 Å². The van der Waals surface area contributed by atoms with Gasteiger partial charge in [-0.05, 0) is 60.7 Å².